The van der Waals surface area contributed by atoms with Crippen molar-refractivity contribution in [1.29, 1.82) is 0 Å². The topological polar surface area (TPSA) is 33.5 Å². The molecule has 22 heavy (non-hydrogen) atoms. The third-order valence-electron chi connectivity index (χ3n) is 3.39. The Bertz CT molecular complexity index is 672. The molecule has 114 valence electrons. The SMILES string of the molecule is O=C(Cc1cccs1)N(CCc1cccs1)Cc1ccco1. The second kappa shape index (κ2) is 7.42. The predicted molar refractivity (Wildman–Crippen MR) is 90.2 cm³/mol. The lowest BCUT2D eigenvalue weighted by atomic mass is 10.2. The monoisotopic (exact) mass is 331 g/mol. The molecule has 0 aliphatic heterocycles. The van der Waals surface area contributed by atoms with Gasteiger partial charge in [-0.1, -0.05) is 12.1 Å². The number of carbonyl (C=O) groups is 1. The van der Waals surface area contributed by atoms with Gasteiger partial charge in [-0.2, -0.15) is 0 Å². The van der Waals surface area contributed by atoms with E-state index >= 15 is 0 Å². The maximum absolute atomic E-state index is 12.6. The second-order valence-corrected chi connectivity index (χ2v) is 7.04. The molecule has 0 saturated carbocycles. The Morgan fingerprint density at radius 1 is 1.05 bits per heavy atom. The van der Waals surface area contributed by atoms with Gasteiger partial charge in [-0.05, 0) is 41.4 Å². The first-order chi connectivity index (χ1) is 10.8. The summed E-state index contributed by atoms with van der Waals surface area (Å²) in [5.74, 6) is 0.973. The number of thiophene rings is 2. The molecule has 3 rings (SSSR count). The summed E-state index contributed by atoms with van der Waals surface area (Å²) in [6.07, 6.45) is 2.99. The molecule has 0 N–H and O–H groups in total. The minimum absolute atomic E-state index is 0.149. The Balaban J connectivity index is 1.65. The first-order valence-corrected chi connectivity index (χ1v) is 8.92. The minimum Gasteiger partial charge on any atom is -0.467 e. The van der Waals surface area contributed by atoms with E-state index in [9.17, 15) is 4.79 Å². The first-order valence-electron chi connectivity index (χ1n) is 7.16. The van der Waals surface area contributed by atoms with Crippen molar-refractivity contribution >= 4 is 28.6 Å². The first kappa shape index (κ1) is 15.1. The molecular weight excluding hydrogens is 314 g/mol. The number of hydrogen-bond acceptors (Lipinski definition) is 4. The van der Waals surface area contributed by atoms with E-state index < -0.39 is 0 Å². The Labute approximate surface area is 137 Å². The summed E-state index contributed by atoms with van der Waals surface area (Å²) in [7, 11) is 0. The third-order valence-corrected chi connectivity index (χ3v) is 5.21. The largest absolute Gasteiger partial charge is 0.467 e. The van der Waals surface area contributed by atoms with Gasteiger partial charge in [-0.3, -0.25) is 4.79 Å². The molecule has 3 heterocycles. The Hall–Kier alpha value is -1.85. The zero-order valence-corrected chi connectivity index (χ0v) is 13.7. The maximum atomic E-state index is 12.6. The van der Waals surface area contributed by atoms with Crippen LogP contribution in [-0.4, -0.2) is 17.4 Å². The summed E-state index contributed by atoms with van der Waals surface area (Å²) in [6.45, 7) is 1.24. The summed E-state index contributed by atoms with van der Waals surface area (Å²) in [5.41, 5.74) is 0. The van der Waals surface area contributed by atoms with Crippen LogP contribution in [0.4, 0.5) is 0 Å². The van der Waals surface area contributed by atoms with Gasteiger partial charge in [0.1, 0.15) is 5.76 Å². The molecular formula is C17H17NO2S2. The fourth-order valence-electron chi connectivity index (χ4n) is 2.26. The van der Waals surface area contributed by atoms with E-state index in [1.165, 1.54) is 4.88 Å². The van der Waals surface area contributed by atoms with Gasteiger partial charge in [-0.15, -0.1) is 22.7 Å². The van der Waals surface area contributed by atoms with Crippen molar-refractivity contribution in [2.45, 2.75) is 19.4 Å². The van der Waals surface area contributed by atoms with E-state index in [0.29, 0.717) is 19.5 Å². The molecule has 0 unspecified atom stereocenters. The average Bonchev–Trinajstić information content (AvgIpc) is 3.26. The molecule has 0 aliphatic carbocycles. The smallest absolute Gasteiger partial charge is 0.228 e. The van der Waals surface area contributed by atoms with Crippen molar-refractivity contribution in [3.8, 4) is 0 Å². The highest BCUT2D eigenvalue weighted by Crippen LogP contribution is 2.15. The lowest BCUT2D eigenvalue weighted by molar-refractivity contribution is -0.131. The molecule has 0 aromatic carbocycles. The minimum atomic E-state index is 0.149. The van der Waals surface area contributed by atoms with Crippen molar-refractivity contribution in [2.75, 3.05) is 6.54 Å². The van der Waals surface area contributed by atoms with Crippen LogP contribution in [0.25, 0.3) is 0 Å². The molecule has 0 radical (unpaired) electrons. The summed E-state index contributed by atoms with van der Waals surface area (Å²) < 4.78 is 5.40. The number of rotatable bonds is 7. The van der Waals surface area contributed by atoms with Crippen molar-refractivity contribution in [3.05, 3.63) is 68.9 Å². The third kappa shape index (κ3) is 4.08. The Morgan fingerprint density at radius 3 is 2.45 bits per heavy atom. The van der Waals surface area contributed by atoms with Crippen LogP contribution in [0.3, 0.4) is 0 Å². The van der Waals surface area contributed by atoms with Crippen LogP contribution in [0.2, 0.25) is 0 Å². The Kier molecular flexibility index (Phi) is 5.08. The van der Waals surface area contributed by atoms with Crippen LogP contribution in [0.5, 0.6) is 0 Å². The molecule has 5 heteroatoms. The van der Waals surface area contributed by atoms with Gasteiger partial charge in [0.05, 0.1) is 19.2 Å². The van der Waals surface area contributed by atoms with E-state index in [1.54, 1.807) is 28.9 Å². The molecule has 3 aromatic rings. The number of hydrogen-bond donors (Lipinski definition) is 0. The molecule has 3 nitrogen and oxygen atoms in total. The maximum Gasteiger partial charge on any atom is 0.228 e. The van der Waals surface area contributed by atoms with Gasteiger partial charge in [0.25, 0.3) is 0 Å². The van der Waals surface area contributed by atoms with Crippen LogP contribution < -0.4 is 0 Å². The Morgan fingerprint density at radius 2 is 1.82 bits per heavy atom. The highest BCUT2D eigenvalue weighted by atomic mass is 32.1. The molecule has 1 amide bonds. The van der Waals surface area contributed by atoms with Gasteiger partial charge in [0.2, 0.25) is 5.91 Å². The van der Waals surface area contributed by atoms with Crippen molar-refractivity contribution in [1.82, 2.24) is 4.90 Å². The molecule has 0 atom stereocenters. The van der Waals surface area contributed by atoms with E-state index in [0.717, 1.165) is 17.1 Å². The lowest BCUT2D eigenvalue weighted by Gasteiger charge is -2.21. The summed E-state index contributed by atoms with van der Waals surface area (Å²) in [5, 5.41) is 4.07. The van der Waals surface area contributed by atoms with E-state index in [2.05, 4.69) is 11.4 Å². The van der Waals surface area contributed by atoms with Crippen molar-refractivity contribution in [3.63, 3.8) is 0 Å². The quantitative estimate of drug-likeness (QED) is 0.649. The highest BCUT2D eigenvalue weighted by Gasteiger charge is 2.16. The average molecular weight is 331 g/mol. The predicted octanol–water partition coefficient (Wildman–Crippen LogP) is 4.22. The van der Waals surface area contributed by atoms with E-state index in [-0.39, 0.29) is 5.91 Å². The fourth-order valence-corrected chi connectivity index (χ4v) is 3.65. The number of amides is 1. The zero-order chi connectivity index (χ0) is 15.2. The second-order valence-electron chi connectivity index (χ2n) is 4.98. The van der Waals surface area contributed by atoms with Crippen LogP contribution in [-0.2, 0) is 24.2 Å². The van der Waals surface area contributed by atoms with Crippen LogP contribution in [0.15, 0.2) is 57.8 Å². The van der Waals surface area contributed by atoms with Gasteiger partial charge in [0.15, 0.2) is 0 Å². The highest BCUT2D eigenvalue weighted by molar-refractivity contribution is 7.10. The van der Waals surface area contributed by atoms with Gasteiger partial charge >= 0.3 is 0 Å². The van der Waals surface area contributed by atoms with Crippen LogP contribution in [0.1, 0.15) is 15.5 Å². The van der Waals surface area contributed by atoms with Crippen molar-refractivity contribution < 1.29 is 9.21 Å². The number of furan rings is 1. The van der Waals surface area contributed by atoms with E-state index in [4.69, 9.17) is 4.42 Å². The normalized spacial score (nSPS) is 10.7. The number of nitrogens with zero attached hydrogens (tertiary/aromatic N) is 1. The summed E-state index contributed by atoms with van der Waals surface area (Å²) in [4.78, 5) is 16.9. The standard InChI is InChI=1S/C17H17NO2S2/c19-17(12-16-6-3-11-22-16)18(13-14-4-1-9-20-14)8-7-15-5-2-10-21-15/h1-6,9-11H,7-8,12-13H2. The molecule has 0 aliphatic rings. The molecule has 0 bridgehead atoms. The lowest BCUT2D eigenvalue weighted by Crippen LogP contribution is -2.33. The summed E-state index contributed by atoms with van der Waals surface area (Å²) >= 11 is 3.35. The summed E-state index contributed by atoms with van der Waals surface area (Å²) in [6, 6.07) is 11.9. The van der Waals surface area contributed by atoms with Gasteiger partial charge in [-0.25, -0.2) is 0 Å². The van der Waals surface area contributed by atoms with Gasteiger partial charge in [0, 0.05) is 16.3 Å². The van der Waals surface area contributed by atoms with Gasteiger partial charge < -0.3 is 9.32 Å². The molecule has 3 aromatic heterocycles. The molecule has 0 saturated heterocycles. The van der Waals surface area contributed by atoms with Crippen LogP contribution in [0, 0.1) is 0 Å². The van der Waals surface area contributed by atoms with Crippen LogP contribution >= 0.6 is 22.7 Å². The molecule has 0 fully saturated rings. The van der Waals surface area contributed by atoms with E-state index in [1.807, 2.05) is 40.6 Å². The fraction of sp³-hybridized carbons (Fsp3) is 0.235. The zero-order valence-electron chi connectivity index (χ0n) is 12.1. The van der Waals surface area contributed by atoms with Crippen molar-refractivity contribution in [2.24, 2.45) is 0 Å². The number of carbonyl (C=O) groups excluding carboxylic acids is 1. The molecule has 0 spiro atoms.